The molecule has 3 aromatic heterocycles. The molecule has 3 atom stereocenters. The summed E-state index contributed by atoms with van der Waals surface area (Å²) < 4.78 is 56.2. The second-order valence-electron chi connectivity index (χ2n) is 10.9. The maximum atomic E-state index is 13.4. The summed E-state index contributed by atoms with van der Waals surface area (Å²) >= 11 is 1.35. The molecule has 10 nitrogen and oxygen atoms in total. The molecule has 3 aliphatic carbocycles. The summed E-state index contributed by atoms with van der Waals surface area (Å²) in [5, 5.41) is 21.0. The number of rotatable bonds is 8. The van der Waals surface area contributed by atoms with Crippen molar-refractivity contribution < 1.29 is 27.2 Å². The van der Waals surface area contributed by atoms with Gasteiger partial charge in [0.15, 0.2) is 0 Å². The molecular weight excluding hydrogens is 552 g/mol. The number of nitrogens with one attached hydrogen (secondary N) is 3. The van der Waals surface area contributed by atoms with Gasteiger partial charge in [-0.15, -0.1) is 21.5 Å². The summed E-state index contributed by atoms with van der Waals surface area (Å²) in [6.45, 7) is 1.99. The maximum Gasteiger partial charge on any atom is 0.282 e. The molecule has 40 heavy (non-hydrogen) atoms. The van der Waals surface area contributed by atoms with E-state index in [1.807, 2.05) is 6.92 Å². The molecular formula is C25H28F4N8O2S. The Labute approximate surface area is 230 Å². The Morgan fingerprint density at radius 3 is 2.65 bits per heavy atom. The van der Waals surface area contributed by atoms with Crippen LogP contribution in [0.3, 0.4) is 0 Å². The first-order valence-electron chi connectivity index (χ1n) is 13.1. The number of alkyl halides is 4. The number of thiophene rings is 1. The van der Waals surface area contributed by atoms with E-state index in [4.69, 9.17) is 0 Å². The van der Waals surface area contributed by atoms with Gasteiger partial charge in [-0.3, -0.25) is 18.8 Å². The molecule has 0 aliphatic heterocycles. The van der Waals surface area contributed by atoms with Crippen molar-refractivity contribution in [3.63, 3.8) is 0 Å². The monoisotopic (exact) mass is 580 g/mol. The quantitative estimate of drug-likeness (QED) is 0.335. The molecule has 0 spiro atoms. The van der Waals surface area contributed by atoms with Gasteiger partial charge in [0.05, 0.1) is 5.56 Å². The molecule has 15 heteroatoms. The molecule has 214 valence electrons. The number of carbonyl (C=O) groups is 2. The fourth-order valence-corrected chi connectivity index (χ4v) is 6.72. The van der Waals surface area contributed by atoms with Crippen LogP contribution in [0.15, 0.2) is 12.4 Å². The summed E-state index contributed by atoms with van der Waals surface area (Å²) in [5.41, 5.74) is 0.702. The van der Waals surface area contributed by atoms with Crippen LogP contribution in [-0.2, 0) is 24.7 Å². The van der Waals surface area contributed by atoms with Crippen LogP contribution in [0.2, 0.25) is 0 Å². The van der Waals surface area contributed by atoms with Crippen LogP contribution in [0, 0.1) is 11.8 Å². The molecule has 2 amide bonds. The molecule has 0 unspecified atom stereocenters. The number of halogens is 4. The number of nitrogens with zero attached hydrogens (tertiary/aromatic N) is 5. The van der Waals surface area contributed by atoms with Crippen LogP contribution in [0.25, 0.3) is 0 Å². The molecule has 3 aliphatic rings. The van der Waals surface area contributed by atoms with Crippen molar-refractivity contribution in [2.45, 2.75) is 69.9 Å². The molecule has 0 bridgehead atoms. The minimum atomic E-state index is -2.78. The zero-order valence-electron chi connectivity index (χ0n) is 21.8. The van der Waals surface area contributed by atoms with Crippen molar-refractivity contribution in [2.24, 2.45) is 18.9 Å². The average Bonchev–Trinajstić information content (AvgIpc) is 3.19. The third-order valence-electron chi connectivity index (χ3n) is 7.90. The highest BCUT2D eigenvalue weighted by atomic mass is 32.1. The Balaban J connectivity index is 1.26. The number of aryl methyl sites for hydroxylation is 2. The van der Waals surface area contributed by atoms with Crippen molar-refractivity contribution >= 4 is 39.9 Å². The molecule has 6 rings (SSSR count). The minimum Gasteiger partial charge on any atom is -0.349 e. The van der Waals surface area contributed by atoms with Crippen LogP contribution < -0.4 is 16.0 Å². The summed E-state index contributed by atoms with van der Waals surface area (Å²) in [6, 6.07) is 0.424. The van der Waals surface area contributed by atoms with Gasteiger partial charge in [-0.2, -0.15) is 5.10 Å². The fourth-order valence-electron chi connectivity index (χ4n) is 5.47. The van der Waals surface area contributed by atoms with Crippen molar-refractivity contribution in [1.82, 2.24) is 29.9 Å². The van der Waals surface area contributed by atoms with Gasteiger partial charge in [-0.05, 0) is 37.2 Å². The lowest BCUT2D eigenvalue weighted by Gasteiger charge is -2.35. The summed E-state index contributed by atoms with van der Waals surface area (Å²) in [4.78, 5) is 27.1. The summed E-state index contributed by atoms with van der Waals surface area (Å²) in [7, 11) is 1.54. The Hall–Kier alpha value is -3.49. The predicted octanol–water partition coefficient (Wildman–Crippen LogP) is 4.61. The van der Waals surface area contributed by atoms with E-state index in [2.05, 4.69) is 31.2 Å². The smallest absolute Gasteiger partial charge is 0.282 e. The van der Waals surface area contributed by atoms with E-state index in [0.717, 1.165) is 16.9 Å². The van der Waals surface area contributed by atoms with Crippen molar-refractivity contribution in [2.75, 3.05) is 10.6 Å². The van der Waals surface area contributed by atoms with Gasteiger partial charge in [0.2, 0.25) is 11.9 Å². The van der Waals surface area contributed by atoms with Gasteiger partial charge in [-0.1, -0.05) is 6.92 Å². The first-order chi connectivity index (χ1) is 19.0. The topological polar surface area (TPSA) is 119 Å². The van der Waals surface area contributed by atoms with E-state index in [0.29, 0.717) is 41.6 Å². The summed E-state index contributed by atoms with van der Waals surface area (Å²) in [6.07, 6.45) is 0.476. The highest BCUT2D eigenvalue weighted by Crippen LogP contribution is 2.44. The van der Waals surface area contributed by atoms with Crippen LogP contribution in [0.1, 0.15) is 71.6 Å². The third kappa shape index (κ3) is 5.06. The lowest BCUT2D eigenvalue weighted by molar-refractivity contribution is -0.117. The molecule has 0 saturated heterocycles. The first-order valence-corrected chi connectivity index (χ1v) is 13.9. The molecule has 3 heterocycles. The molecule has 2 fully saturated rings. The predicted molar refractivity (Wildman–Crippen MR) is 138 cm³/mol. The van der Waals surface area contributed by atoms with Crippen LogP contribution >= 0.6 is 11.3 Å². The number of hydrogen-bond acceptors (Lipinski definition) is 7. The average molecular weight is 581 g/mol. The lowest BCUT2D eigenvalue weighted by atomic mass is 9.87. The number of anilines is 3. The molecule has 3 aromatic rings. The second-order valence-corrected chi connectivity index (χ2v) is 12.0. The SMILES string of the molecule is C[C@H]1C[C@@H]1C(=O)Nc1sc2c(c1C(=O)NC1CC(F)(F)C1)C[C@@H](n1cnnc1Nc1cc(C(F)F)nn1C)CC2. The molecule has 0 radical (unpaired) electrons. The minimum absolute atomic E-state index is 0.101. The van der Waals surface area contributed by atoms with E-state index in [1.165, 1.54) is 35.5 Å². The lowest BCUT2D eigenvalue weighted by Crippen LogP contribution is -2.50. The van der Waals surface area contributed by atoms with Crippen LogP contribution in [-0.4, -0.2) is 48.3 Å². The van der Waals surface area contributed by atoms with Crippen LogP contribution in [0.5, 0.6) is 0 Å². The Bertz CT molecular complexity index is 1460. The first kappa shape index (κ1) is 26.7. The molecule has 2 saturated carbocycles. The Morgan fingerprint density at radius 2 is 2.00 bits per heavy atom. The molecule has 3 N–H and O–H groups in total. The zero-order chi connectivity index (χ0) is 28.3. The Morgan fingerprint density at radius 1 is 1.25 bits per heavy atom. The second kappa shape index (κ2) is 9.85. The zero-order valence-corrected chi connectivity index (χ0v) is 22.6. The van der Waals surface area contributed by atoms with Gasteiger partial charge >= 0.3 is 0 Å². The number of carbonyl (C=O) groups excluding carboxylic acids is 2. The number of aromatic nitrogens is 5. The fraction of sp³-hybridized carbons (Fsp3) is 0.560. The maximum absolute atomic E-state index is 13.4. The van der Waals surface area contributed by atoms with Crippen LogP contribution in [0.4, 0.5) is 34.3 Å². The standard InChI is InChI=1S/C25H28F4N8O2S/c1-11-5-14(11)21(38)33-23-19(22(39)31-12-8-25(28,29)9-12)15-6-13(3-4-17(15)40-23)37-10-30-34-24(37)32-18-7-16(20(26)27)35-36(18)2/h7,10-14,20H,3-6,8-9H2,1-2H3,(H,31,39)(H,32,34)(H,33,38)/t11-,13-,14-/m0/s1. The number of hydrogen-bond donors (Lipinski definition) is 3. The highest BCUT2D eigenvalue weighted by molar-refractivity contribution is 7.17. The van der Waals surface area contributed by atoms with Crippen molar-refractivity contribution in [1.29, 1.82) is 0 Å². The van der Waals surface area contributed by atoms with Crippen molar-refractivity contribution in [3.05, 3.63) is 34.1 Å². The van der Waals surface area contributed by atoms with Gasteiger partial charge in [0.1, 0.15) is 22.8 Å². The summed E-state index contributed by atoms with van der Waals surface area (Å²) in [5.74, 6) is -2.58. The van der Waals surface area contributed by atoms with Gasteiger partial charge in [0.25, 0.3) is 18.3 Å². The van der Waals surface area contributed by atoms with E-state index in [-0.39, 0.29) is 29.5 Å². The van der Waals surface area contributed by atoms with Crippen molar-refractivity contribution in [3.8, 4) is 0 Å². The Kier molecular flexibility index (Phi) is 6.58. The third-order valence-corrected chi connectivity index (χ3v) is 9.11. The van der Waals surface area contributed by atoms with Gasteiger partial charge in [0, 0.05) is 48.8 Å². The highest BCUT2D eigenvalue weighted by Gasteiger charge is 2.46. The largest absolute Gasteiger partial charge is 0.349 e. The number of fused-ring (bicyclic) bond motifs is 1. The number of amides is 2. The van der Waals surface area contributed by atoms with Gasteiger partial charge in [-0.25, -0.2) is 17.6 Å². The van der Waals surface area contributed by atoms with Gasteiger partial charge < -0.3 is 16.0 Å². The van der Waals surface area contributed by atoms with E-state index in [9.17, 15) is 27.2 Å². The normalized spacial score (nSPS) is 23.4. The van der Waals surface area contributed by atoms with E-state index in [1.54, 1.807) is 4.57 Å². The molecule has 0 aromatic carbocycles. The van der Waals surface area contributed by atoms with E-state index < -0.39 is 37.1 Å². The van der Waals surface area contributed by atoms with E-state index >= 15 is 0 Å².